The van der Waals surface area contributed by atoms with Crippen LogP contribution in [0.2, 0.25) is 0 Å². The summed E-state index contributed by atoms with van der Waals surface area (Å²) in [6.45, 7) is 1.82. The molecular weight excluding hydrogens is 290 g/mol. The molecule has 2 aliphatic heterocycles. The van der Waals surface area contributed by atoms with Crippen molar-refractivity contribution in [1.29, 1.82) is 0 Å². The predicted molar refractivity (Wildman–Crippen MR) is 78.7 cm³/mol. The van der Waals surface area contributed by atoms with E-state index < -0.39 is 17.7 Å². The number of carbonyl (C=O) groups is 1. The minimum absolute atomic E-state index is 0.0614. The molecule has 0 bridgehead atoms. The molecule has 4 nitrogen and oxygen atoms in total. The Morgan fingerprint density at radius 2 is 1.77 bits per heavy atom. The van der Waals surface area contributed by atoms with Gasteiger partial charge in [0.25, 0.3) is 0 Å². The summed E-state index contributed by atoms with van der Waals surface area (Å²) in [5.74, 6) is -1.09. The molecule has 6 heteroatoms. The van der Waals surface area contributed by atoms with Crippen LogP contribution < -0.4 is 4.90 Å². The quantitative estimate of drug-likeness (QED) is 0.920. The number of hydrogen-bond donors (Lipinski definition) is 1. The second-order valence-corrected chi connectivity index (χ2v) is 6.04. The van der Waals surface area contributed by atoms with Crippen LogP contribution in [-0.2, 0) is 11.2 Å². The lowest BCUT2D eigenvalue weighted by Gasteiger charge is -2.34. The summed E-state index contributed by atoms with van der Waals surface area (Å²) in [6.07, 6.45) is 2.06. The molecule has 1 atom stereocenters. The molecular formula is C16H20F2N2O2. The van der Waals surface area contributed by atoms with Crippen molar-refractivity contribution >= 4 is 11.6 Å². The molecule has 1 aromatic rings. The Morgan fingerprint density at radius 3 is 2.50 bits per heavy atom. The van der Waals surface area contributed by atoms with Gasteiger partial charge in [-0.3, -0.25) is 4.79 Å². The fourth-order valence-corrected chi connectivity index (χ4v) is 3.38. The second-order valence-electron chi connectivity index (χ2n) is 6.04. The molecule has 0 radical (unpaired) electrons. The highest BCUT2D eigenvalue weighted by atomic mass is 19.1. The molecule has 1 N–H and O–H groups in total. The Labute approximate surface area is 128 Å². The first kappa shape index (κ1) is 15.2. The number of aryl methyl sites for hydroxylation is 1. The number of amides is 1. The van der Waals surface area contributed by atoms with Crippen LogP contribution in [0.25, 0.3) is 0 Å². The van der Waals surface area contributed by atoms with Crippen LogP contribution in [0, 0.1) is 11.6 Å². The van der Waals surface area contributed by atoms with Crippen molar-refractivity contribution in [3.63, 3.8) is 0 Å². The molecule has 22 heavy (non-hydrogen) atoms. The number of likely N-dealkylation sites (tertiary alicyclic amines) is 1. The molecule has 0 spiro atoms. The number of halogens is 2. The van der Waals surface area contributed by atoms with Crippen LogP contribution in [0.4, 0.5) is 14.5 Å². The van der Waals surface area contributed by atoms with Crippen molar-refractivity contribution < 1.29 is 18.7 Å². The monoisotopic (exact) mass is 310 g/mol. The largest absolute Gasteiger partial charge is 0.389 e. The van der Waals surface area contributed by atoms with Crippen LogP contribution in [0.1, 0.15) is 24.8 Å². The number of nitrogens with zero attached hydrogens (tertiary/aromatic N) is 2. The van der Waals surface area contributed by atoms with Crippen LogP contribution in [0.5, 0.6) is 0 Å². The summed E-state index contributed by atoms with van der Waals surface area (Å²) in [7, 11) is 0. The first-order chi connectivity index (χ1) is 10.5. The van der Waals surface area contributed by atoms with E-state index in [-0.39, 0.29) is 19.0 Å². The maximum absolute atomic E-state index is 14.1. The number of aliphatic hydroxyl groups excluding tert-OH is 1. The zero-order valence-corrected chi connectivity index (χ0v) is 12.4. The molecule has 0 saturated carbocycles. The molecule has 1 saturated heterocycles. The number of fused-ring (bicyclic) bond motifs is 1. The summed E-state index contributed by atoms with van der Waals surface area (Å²) in [6, 6.07) is 2.24. The van der Waals surface area contributed by atoms with E-state index in [1.165, 1.54) is 6.07 Å². The fraction of sp³-hybridized carbons (Fsp3) is 0.562. The zero-order valence-electron chi connectivity index (χ0n) is 12.4. The van der Waals surface area contributed by atoms with E-state index in [0.717, 1.165) is 18.9 Å². The smallest absolute Gasteiger partial charge is 0.222 e. The second kappa shape index (κ2) is 6.20. The van der Waals surface area contributed by atoms with Crippen molar-refractivity contribution in [2.45, 2.75) is 31.8 Å². The normalized spacial score (nSPS) is 19.5. The van der Waals surface area contributed by atoms with E-state index >= 15 is 0 Å². The van der Waals surface area contributed by atoms with Gasteiger partial charge in [0.2, 0.25) is 5.91 Å². The molecule has 1 unspecified atom stereocenters. The van der Waals surface area contributed by atoms with Crippen LogP contribution in [0.3, 0.4) is 0 Å². The van der Waals surface area contributed by atoms with E-state index in [9.17, 15) is 18.7 Å². The third kappa shape index (κ3) is 3.06. The number of hydrogen-bond acceptors (Lipinski definition) is 3. The Morgan fingerprint density at radius 1 is 1.09 bits per heavy atom. The van der Waals surface area contributed by atoms with Crippen molar-refractivity contribution in [1.82, 2.24) is 4.90 Å². The lowest BCUT2D eigenvalue weighted by Crippen LogP contribution is -2.42. The number of rotatable bonds is 4. The first-order valence-electron chi connectivity index (χ1n) is 7.73. The number of benzene rings is 1. The van der Waals surface area contributed by atoms with Crippen molar-refractivity contribution in [3.8, 4) is 0 Å². The highest BCUT2D eigenvalue weighted by Gasteiger charge is 2.27. The first-order valence-corrected chi connectivity index (χ1v) is 7.73. The Bertz CT molecular complexity index is 580. The van der Waals surface area contributed by atoms with Gasteiger partial charge in [-0.15, -0.1) is 0 Å². The Kier molecular flexibility index (Phi) is 4.29. The molecule has 0 aromatic heterocycles. The standard InChI is InChI=1S/C16H20F2N2O2/c17-12-7-11-3-1-6-20(16(11)14(18)8-12)10-13(21)9-19-5-2-4-15(19)22/h7-8,13,21H,1-6,9-10H2. The van der Waals surface area contributed by atoms with Gasteiger partial charge in [0.15, 0.2) is 0 Å². The van der Waals surface area contributed by atoms with Crippen molar-refractivity contribution in [3.05, 3.63) is 29.3 Å². The highest BCUT2D eigenvalue weighted by molar-refractivity contribution is 5.78. The Hall–Kier alpha value is -1.69. The molecule has 1 amide bonds. The summed E-state index contributed by atoms with van der Waals surface area (Å²) in [5, 5.41) is 10.2. The third-order valence-electron chi connectivity index (χ3n) is 4.33. The molecule has 0 aliphatic carbocycles. The number of aliphatic hydroxyl groups is 1. The number of carbonyl (C=O) groups excluding carboxylic acids is 1. The van der Waals surface area contributed by atoms with E-state index in [0.29, 0.717) is 37.2 Å². The molecule has 2 heterocycles. The molecule has 120 valence electrons. The van der Waals surface area contributed by atoms with E-state index in [1.54, 1.807) is 9.80 Å². The molecule has 2 aliphatic rings. The third-order valence-corrected chi connectivity index (χ3v) is 4.33. The summed E-state index contributed by atoms with van der Waals surface area (Å²) >= 11 is 0. The highest BCUT2D eigenvalue weighted by Crippen LogP contribution is 2.31. The minimum atomic E-state index is -0.738. The van der Waals surface area contributed by atoms with Gasteiger partial charge in [0.05, 0.1) is 11.8 Å². The SMILES string of the molecule is O=C1CCCN1CC(O)CN1CCCc2cc(F)cc(F)c21. The average Bonchev–Trinajstić information content (AvgIpc) is 2.83. The zero-order chi connectivity index (χ0) is 15.7. The lowest BCUT2D eigenvalue weighted by atomic mass is 10.0. The summed E-state index contributed by atoms with van der Waals surface area (Å²) in [4.78, 5) is 15.0. The maximum Gasteiger partial charge on any atom is 0.222 e. The fourth-order valence-electron chi connectivity index (χ4n) is 3.38. The maximum atomic E-state index is 14.1. The minimum Gasteiger partial charge on any atom is -0.389 e. The van der Waals surface area contributed by atoms with E-state index in [4.69, 9.17) is 0 Å². The van der Waals surface area contributed by atoms with Gasteiger partial charge in [-0.1, -0.05) is 0 Å². The number of β-amino-alcohol motifs (C(OH)–C–C–N with tert-alkyl or cyclic N) is 1. The van der Waals surface area contributed by atoms with Gasteiger partial charge >= 0.3 is 0 Å². The summed E-state index contributed by atoms with van der Waals surface area (Å²) in [5.41, 5.74) is 1.03. The van der Waals surface area contributed by atoms with Gasteiger partial charge in [-0.2, -0.15) is 0 Å². The average molecular weight is 310 g/mol. The Balaban J connectivity index is 1.70. The van der Waals surface area contributed by atoms with Gasteiger partial charge in [0, 0.05) is 38.7 Å². The van der Waals surface area contributed by atoms with Crippen molar-refractivity contribution in [2.75, 3.05) is 31.1 Å². The van der Waals surface area contributed by atoms with Crippen LogP contribution >= 0.6 is 0 Å². The van der Waals surface area contributed by atoms with Crippen molar-refractivity contribution in [2.24, 2.45) is 0 Å². The summed E-state index contributed by atoms with van der Waals surface area (Å²) < 4.78 is 27.4. The van der Waals surface area contributed by atoms with E-state index in [1.807, 2.05) is 0 Å². The molecule has 1 aromatic carbocycles. The predicted octanol–water partition coefficient (Wildman–Crippen LogP) is 1.70. The van der Waals surface area contributed by atoms with Gasteiger partial charge in [-0.05, 0) is 30.9 Å². The van der Waals surface area contributed by atoms with Crippen LogP contribution in [-0.4, -0.2) is 48.2 Å². The van der Waals surface area contributed by atoms with Gasteiger partial charge < -0.3 is 14.9 Å². The topological polar surface area (TPSA) is 43.8 Å². The van der Waals surface area contributed by atoms with Crippen LogP contribution in [0.15, 0.2) is 12.1 Å². The lowest BCUT2D eigenvalue weighted by molar-refractivity contribution is -0.128. The van der Waals surface area contributed by atoms with Gasteiger partial charge in [0.1, 0.15) is 11.6 Å². The number of anilines is 1. The van der Waals surface area contributed by atoms with E-state index in [2.05, 4.69) is 0 Å². The van der Waals surface area contributed by atoms with Gasteiger partial charge in [-0.25, -0.2) is 8.78 Å². The molecule has 1 fully saturated rings. The molecule has 3 rings (SSSR count).